The molecule has 0 saturated carbocycles. The summed E-state index contributed by atoms with van der Waals surface area (Å²) in [4.78, 5) is 12.6. The number of anilines is 1. The van der Waals surface area contributed by atoms with E-state index in [1.54, 1.807) is 18.2 Å². The van der Waals surface area contributed by atoms with Crippen molar-refractivity contribution in [3.63, 3.8) is 0 Å². The lowest BCUT2D eigenvalue weighted by molar-refractivity contribution is 0.0619. The Morgan fingerprint density at radius 3 is 2.62 bits per heavy atom. The quantitative estimate of drug-likeness (QED) is 0.761. The van der Waals surface area contributed by atoms with Crippen molar-refractivity contribution in [1.82, 2.24) is 5.32 Å². The SMILES string of the molecule is Cc1cc(C(=O)NC2CC(C)(C)Oc3ccc(N)cc32)c(F)cc1F.Cl. The van der Waals surface area contributed by atoms with Crippen molar-refractivity contribution in [3.8, 4) is 5.75 Å². The molecule has 1 amide bonds. The molecule has 3 N–H and O–H groups in total. The molecule has 0 radical (unpaired) electrons. The maximum Gasteiger partial charge on any atom is 0.254 e. The number of hydrogen-bond acceptors (Lipinski definition) is 3. The number of halogens is 3. The lowest BCUT2D eigenvalue weighted by Crippen LogP contribution is -2.41. The van der Waals surface area contributed by atoms with E-state index in [2.05, 4.69) is 5.32 Å². The third-order valence-corrected chi connectivity index (χ3v) is 4.29. The Kier molecular flexibility index (Phi) is 5.47. The third kappa shape index (κ3) is 3.90. The first-order valence-electron chi connectivity index (χ1n) is 8.01. The molecule has 4 nitrogen and oxygen atoms in total. The molecule has 7 heteroatoms. The van der Waals surface area contributed by atoms with Crippen molar-refractivity contribution in [2.75, 3.05) is 5.73 Å². The Bertz CT molecular complexity index is 856. The van der Waals surface area contributed by atoms with Crippen molar-refractivity contribution in [1.29, 1.82) is 0 Å². The minimum absolute atomic E-state index is 0. The predicted molar refractivity (Wildman–Crippen MR) is 98.7 cm³/mol. The van der Waals surface area contributed by atoms with Gasteiger partial charge >= 0.3 is 0 Å². The van der Waals surface area contributed by atoms with Crippen LogP contribution < -0.4 is 15.8 Å². The van der Waals surface area contributed by atoms with E-state index in [9.17, 15) is 13.6 Å². The molecule has 1 aliphatic heterocycles. The first kappa shape index (κ1) is 20.0. The van der Waals surface area contributed by atoms with Gasteiger partial charge in [0.05, 0.1) is 11.6 Å². The highest BCUT2D eigenvalue weighted by atomic mass is 35.5. The molecule has 0 bridgehead atoms. The number of aryl methyl sites for hydroxylation is 1. The first-order valence-corrected chi connectivity index (χ1v) is 8.01. The summed E-state index contributed by atoms with van der Waals surface area (Å²) >= 11 is 0. The molecule has 1 unspecified atom stereocenters. The third-order valence-electron chi connectivity index (χ3n) is 4.29. The molecule has 0 fully saturated rings. The molecular weight excluding hydrogens is 362 g/mol. The molecule has 0 saturated heterocycles. The summed E-state index contributed by atoms with van der Waals surface area (Å²) < 4.78 is 33.3. The number of fused-ring (bicyclic) bond motifs is 1. The zero-order valence-corrected chi connectivity index (χ0v) is 15.5. The number of nitrogens with two attached hydrogens (primary N) is 1. The minimum atomic E-state index is -0.889. The van der Waals surface area contributed by atoms with Crippen LogP contribution in [0.3, 0.4) is 0 Å². The number of nitrogens with one attached hydrogen (secondary N) is 1. The molecule has 1 heterocycles. The van der Waals surface area contributed by atoms with Crippen LogP contribution in [0.2, 0.25) is 0 Å². The number of nitrogen functional groups attached to an aromatic ring is 1. The number of rotatable bonds is 2. The number of carbonyl (C=O) groups is 1. The fourth-order valence-electron chi connectivity index (χ4n) is 3.07. The lowest BCUT2D eigenvalue weighted by Gasteiger charge is -2.38. The monoisotopic (exact) mass is 382 g/mol. The summed E-state index contributed by atoms with van der Waals surface area (Å²) in [7, 11) is 0. The number of amides is 1. The molecule has 0 spiro atoms. The van der Waals surface area contributed by atoms with Crippen molar-refractivity contribution in [2.45, 2.75) is 38.8 Å². The van der Waals surface area contributed by atoms with Crippen molar-refractivity contribution < 1.29 is 18.3 Å². The van der Waals surface area contributed by atoms with Gasteiger partial charge in [-0.2, -0.15) is 0 Å². The Labute approximate surface area is 157 Å². The Hall–Kier alpha value is -2.34. The average molecular weight is 383 g/mol. The van der Waals surface area contributed by atoms with Gasteiger partial charge in [-0.25, -0.2) is 8.78 Å². The molecule has 2 aromatic rings. The van der Waals surface area contributed by atoms with E-state index < -0.39 is 23.1 Å². The lowest BCUT2D eigenvalue weighted by atomic mass is 9.89. The standard InChI is InChI=1S/C19H20F2N2O2.ClH/c1-10-6-12(15(21)8-14(10)20)18(24)23-16-9-19(2,3)25-17-5-4-11(22)7-13(16)17;/h4-8,16H,9,22H2,1-3H3,(H,23,24);1H. The Balaban J connectivity index is 0.00000243. The predicted octanol–water partition coefficient (Wildman–Crippen LogP) is 4.31. The Morgan fingerprint density at radius 1 is 1.23 bits per heavy atom. The van der Waals surface area contributed by atoms with Gasteiger partial charge in [0.1, 0.15) is 23.0 Å². The maximum atomic E-state index is 14.0. The number of benzene rings is 2. The van der Waals surface area contributed by atoms with E-state index in [1.807, 2.05) is 13.8 Å². The maximum absolute atomic E-state index is 14.0. The van der Waals surface area contributed by atoms with Gasteiger partial charge in [-0.15, -0.1) is 12.4 Å². The van der Waals surface area contributed by atoms with E-state index >= 15 is 0 Å². The zero-order valence-electron chi connectivity index (χ0n) is 14.7. The molecule has 1 aliphatic rings. The fraction of sp³-hybridized carbons (Fsp3) is 0.316. The molecular formula is C19H21ClF2N2O2. The molecule has 0 aromatic heterocycles. The van der Waals surface area contributed by atoms with E-state index in [1.165, 1.54) is 13.0 Å². The van der Waals surface area contributed by atoms with Crippen LogP contribution in [0.5, 0.6) is 5.75 Å². The van der Waals surface area contributed by atoms with Crippen LogP contribution >= 0.6 is 12.4 Å². The van der Waals surface area contributed by atoms with Gasteiger partial charge in [-0.05, 0) is 50.6 Å². The summed E-state index contributed by atoms with van der Waals surface area (Å²) in [6, 6.07) is 6.77. The van der Waals surface area contributed by atoms with E-state index in [4.69, 9.17) is 10.5 Å². The fourth-order valence-corrected chi connectivity index (χ4v) is 3.07. The number of carbonyl (C=O) groups excluding carboxylic acids is 1. The zero-order chi connectivity index (χ0) is 18.4. The molecule has 26 heavy (non-hydrogen) atoms. The average Bonchev–Trinajstić information content (AvgIpc) is 2.50. The van der Waals surface area contributed by atoms with Gasteiger partial charge in [-0.3, -0.25) is 4.79 Å². The van der Waals surface area contributed by atoms with Gasteiger partial charge in [0.25, 0.3) is 5.91 Å². The van der Waals surface area contributed by atoms with Crippen LogP contribution in [-0.4, -0.2) is 11.5 Å². The topological polar surface area (TPSA) is 64.3 Å². The van der Waals surface area contributed by atoms with Crippen LogP contribution in [0, 0.1) is 18.6 Å². The minimum Gasteiger partial charge on any atom is -0.487 e. The van der Waals surface area contributed by atoms with Gasteiger partial charge < -0.3 is 15.8 Å². The van der Waals surface area contributed by atoms with Crippen LogP contribution in [0.1, 0.15) is 47.8 Å². The van der Waals surface area contributed by atoms with Crippen molar-refractivity contribution in [3.05, 3.63) is 58.7 Å². The van der Waals surface area contributed by atoms with Crippen LogP contribution in [0.4, 0.5) is 14.5 Å². The Morgan fingerprint density at radius 2 is 1.92 bits per heavy atom. The van der Waals surface area contributed by atoms with Gasteiger partial charge in [-0.1, -0.05) is 0 Å². The second-order valence-electron chi connectivity index (χ2n) is 6.97. The first-order chi connectivity index (χ1) is 11.7. The highest BCUT2D eigenvalue weighted by Gasteiger charge is 2.35. The van der Waals surface area contributed by atoms with E-state index in [-0.39, 0.29) is 29.6 Å². The van der Waals surface area contributed by atoms with E-state index in [0.717, 1.165) is 11.6 Å². The normalized spacial score (nSPS) is 17.5. The summed E-state index contributed by atoms with van der Waals surface area (Å²) in [5, 5.41) is 2.82. The van der Waals surface area contributed by atoms with Gasteiger partial charge in [0.15, 0.2) is 0 Å². The highest BCUT2D eigenvalue weighted by Crippen LogP contribution is 2.40. The smallest absolute Gasteiger partial charge is 0.254 e. The van der Waals surface area contributed by atoms with Gasteiger partial charge in [0.2, 0.25) is 0 Å². The van der Waals surface area contributed by atoms with Gasteiger partial charge in [0, 0.05) is 23.7 Å². The molecule has 3 rings (SSSR count). The number of hydrogen-bond donors (Lipinski definition) is 2. The molecule has 140 valence electrons. The van der Waals surface area contributed by atoms with Crippen molar-refractivity contribution in [2.24, 2.45) is 0 Å². The summed E-state index contributed by atoms with van der Waals surface area (Å²) in [6.45, 7) is 5.31. The molecule has 0 aliphatic carbocycles. The molecule has 1 atom stereocenters. The second-order valence-corrected chi connectivity index (χ2v) is 6.97. The van der Waals surface area contributed by atoms with Crippen LogP contribution in [0.25, 0.3) is 0 Å². The summed E-state index contributed by atoms with van der Waals surface area (Å²) in [6.07, 6.45) is 0.497. The molecule has 2 aromatic carbocycles. The number of ether oxygens (including phenoxy) is 1. The van der Waals surface area contributed by atoms with Crippen LogP contribution in [-0.2, 0) is 0 Å². The highest BCUT2D eigenvalue weighted by molar-refractivity contribution is 5.95. The second kappa shape index (κ2) is 7.11. The summed E-state index contributed by atoms with van der Waals surface area (Å²) in [5.74, 6) is -1.54. The largest absolute Gasteiger partial charge is 0.487 e. The van der Waals surface area contributed by atoms with Crippen LogP contribution in [0.15, 0.2) is 30.3 Å². The van der Waals surface area contributed by atoms with E-state index in [0.29, 0.717) is 17.9 Å². The summed E-state index contributed by atoms with van der Waals surface area (Å²) in [5.41, 5.74) is 6.66. The van der Waals surface area contributed by atoms with Crippen molar-refractivity contribution >= 4 is 24.0 Å².